The largest absolute Gasteiger partial charge is 0.409 e. The molecule has 0 saturated carbocycles. The van der Waals surface area contributed by atoms with Crippen molar-refractivity contribution >= 4 is 23.1 Å². The van der Waals surface area contributed by atoms with Gasteiger partial charge >= 0.3 is 0 Å². The summed E-state index contributed by atoms with van der Waals surface area (Å²) in [5.41, 5.74) is 7.00. The topological polar surface area (TPSA) is 82.1 Å². The molecule has 0 atom stereocenters. The van der Waals surface area contributed by atoms with E-state index in [4.69, 9.17) is 27.6 Å². The summed E-state index contributed by atoms with van der Waals surface area (Å²) in [7, 11) is 0. The van der Waals surface area contributed by atoms with Crippen LogP contribution in [0.4, 0.5) is 5.69 Å². The molecule has 1 aromatic rings. The van der Waals surface area contributed by atoms with Gasteiger partial charge in [0.15, 0.2) is 5.84 Å². The Morgan fingerprint density at radius 2 is 2.17 bits per heavy atom. The number of anilines is 1. The van der Waals surface area contributed by atoms with Crippen LogP contribution in [0.3, 0.4) is 0 Å². The molecule has 100 valence electrons. The van der Waals surface area contributed by atoms with Gasteiger partial charge in [-0.05, 0) is 24.6 Å². The van der Waals surface area contributed by atoms with Crippen molar-refractivity contribution in [1.82, 2.24) is 0 Å². The molecule has 0 amide bonds. The molecule has 0 aromatic heterocycles. The van der Waals surface area contributed by atoms with E-state index in [1.54, 1.807) is 18.2 Å². The van der Waals surface area contributed by atoms with Crippen LogP contribution in [-0.4, -0.2) is 35.8 Å². The van der Waals surface area contributed by atoms with Crippen LogP contribution < -0.4 is 10.6 Å². The maximum Gasteiger partial charge on any atom is 0.172 e. The number of aliphatic hydroxyl groups excluding tert-OH is 1. The fraction of sp³-hybridized carbons (Fsp3) is 0.417. The summed E-state index contributed by atoms with van der Waals surface area (Å²) in [5.74, 6) is 0.0284. The molecule has 0 aliphatic heterocycles. The average Bonchev–Trinajstić information content (AvgIpc) is 2.37. The van der Waals surface area contributed by atoms with Crippen molar-refractivity contribution in [2.75, 3.05) is 24.6 Å². The third-order valence-electron chi connectivity index (χ3n) is 2.55. The second kappa shape index (κ2) is 7.08. The van der Waals surface area contributed by atoms with E-state index in [0.29, 0.717) is 17.1 Å². The summed E-state index contributed by atoms with van der Waals surface area (Å²) < 4.78 is 0. The Morgan fingerprint density at radius 1 is 1.44 bits per heavy atom. The lowest BCUT2D eigenvalue weighted by Crippen LogP contribution is -2.30. The Hall–Kier alpha value is -1.46. The van der Waals surface area contributed by atoms with Crippen LogP contribution in [0.5, 0.6) is 0 Å². The van der Waals surface area contributed by atoms with Crippen LogP contribution in [0.1, 0.15) is 18.9 Å². The third kappa shape index (κ3) is 3.51. The molecule has 1 rings (SSSR count). The lowest BCUT2D eigenvalue weighted by atomic mass is 10.1. The van der Waals surface area contributed by atoms with Gasteiger partial charge in [0, 0.05) is 29.4 Å². The normalized spacial score (nSPS) is 11.6. The highest BCUT2D eigenvalue weighted by molar-refractivity contribution is 6.31. The standard InChI is InChI=1S/C12H18ClN3O2/c1-2-5-16(6-7-17)11-8-9(13)3-4-10(11)12(14)15-18/h3-4,8,17-18H,2,5-7H2,1H3,(H2,14,15). The molecule has 0 radical (unpaired) electrons. The van der Waals surface area contributed by atoms with Crippen LogP contribution in [0.15, 0.2) is 23.4 Å². The van der Waals surface area contributed by atoms with Crippen molar-refractivity contribution in [2.24, 2.45) is 10.9 Å². The van der Waals surface area contributed by atoms with Crippen molar-refractivity contribution in [1.29, 1.82) is 0 Å². The number of nitrogens with zero attached hydrogens (tertiary/aromatic N) is 2. The van der Waals surface area contributed by atoms with Crippen LogP contribution in [0, 0.1) is 0 Å². The first kappa shape index (κ1) is 14.6. The fourth-order valence-corrected chi connectivity index (χ4v) is 1.95. The first-order valence-electron chi connectivity index (χ1n) is 5.77. The molecule has 1 aromatic carbocycles. The summed E-state index contributed by atoms with van der Waals surface area (Å²) in [4.78, 5) is 1.96. The van der Waals surface area contributed by atoms with Crippen molar-refractivity contribution < 1.29 is 10.3 Å². The SMILES string of the molecule is CCCN(CCO)c1cc(Cl)ccc1C(N)=NO. The molecule has 0 bridgehead atoms. The minimum atomic E-state index is 0.0284. The zero-order valence-electron chi connectivity index (χ0n) is 10.3. The molecule has 4 N–H and O–H groups in total. The quantitative estimate of drug-likeness (QED) is 0.318. The van der Waals surface area contributed by atoms with Gasteiger partial charge in [0.05, 0.1) is 6.61 Å². The third-order valence-corrected chi connectivity index (χ3v) is 2.78. The van der Waals surface area contributed by atoms with Gasteiger partial charge in [-0.25, -0.2) is 0 Å². The van der Waals surface area contributed by atoms with E-state index in [2.05, 4.69) is 5.16 Å². The first-order chi connectivity index (χ1) is 8.63. The van der Waals surface area contributed by atoms with Crippen molar-refractivity contribution in [3.8, 4) is 0 Å². The molecule has 6 heteroatoms. The van der Waals surface area contributed by atoms with Crippen LogP contribution in [0.2, 0.25) is 5.02 Å². The van der Waals surface area contributed by atoms with Gasteiger partial charge in [0.1, 0.15) is 0 Å². The molecule has 18 heavy (non-hydrogen) atoms. The van der Waals surface area contributed by atoms with E-state index in [0.717, 1.165) is 18.7 Å². The van der Waals surface area contributed by atoms with Gasteiger partial charge in [-0.2, -0.15) is 0 Å². The lowest BCUT2D eigenvalue weighted by Gasteiger charge is -2.25. The highest BCUT2D eigenvalue weighted by Crippen LogP contribution is 2.25. The number of rotatable bonds is 6. The number of amidine groups is 1. The maximum atomic E-state index is 9.10. The predicted molar refractivity (Wildman–Crippen MR) is 73.6 cm³/mol. The molecule has 5 nitrogen and oxygen atoms in total. The van der Waals surface area contributed by atoms with Gasteiger partial charge in [-0.15, -0.1) is 0 Å². The highest BCUT2D eigenvalue weighted by Gasteiger charge is 2.14. The maximum absolute atomic E-state index is 9.10. The number of aliphatic hydroxyl groups is 1. The van der Waals surface area contributed by atoms with Crippen LogP contribution in [-0.2, 0) is 0 Å². The average molecular weight is 272 g/mol. The first-order valence-corrected chi connectivity index (χ1v) is 6.15. The summed E-state index contributed by atoms with van der Waals surface area (Å²) in [6, 6.07) is 5.13. The molecular weight excluding hydrogens is 254 g/mol. The Morgan fingerprint density at radius 3 is 2.72 bits per heavy atom. The molecule has 0 fully saturated rings. The molecule has 0 spiro atoms. The van der Waals surface area contributed by atoms with E-state index >= 15 is 0 Å². The second-order valence-electron chi connectivity index (χ2n) is 3.86. The minimum absolute atomic E-state index is 0.0284. The van der Waals surface area contributed by atoms with E-state index in [1.165, 1.54) is 0 Å². The Kier molecular flexibility index (Phi) is 5.74. The number of oxime groups is 1. The predicted octanol–water partition coefficient (Wildman–Crippen LogP) is 1.64. The summed E-state index contributed by atoms with van der Waals surface area (Å²) in [6.07, 6.45) is 0.919. The Bertz CT molecular complexity index is 418. The lowest BCUT2D eigenvalue weighted by molar-refractivity contribution is 0.302. The number of hydrogen-bond donors (Lipinski definition) is 3. The van der Waals surface area contributed by atoms with Crippen LogP contribution >= 0.6 is 11.6 Å². The summed E-state index contributed by atoms with van der Waals surface area (Å²) in [5, 5.41) is 21.5. The minimum Gasteiger partial charge on any atom is -0.409 e. The van der Waals surface area contributed by atoms with Gasteiger partial charge < -0.3 is 20.9 Å². The smallest absolute Gasteiger partial charge is 0.172 e. The van der Waals surface area contributed by atoms with E-state index in [1.807, 2.05) is 11.8 Å². The molecule has 0 saturated heterocycles. The Balaban J connectivity index is 3.20. The molecule has 0 aliphatic carbocycles. The number of nitrogens with two attached hydrogens (primary N) is 1. The Labute approximate surface area is 111 Å². The molecule has 0 unspecified atom stereocenters. The zero-order valence-corrected chi connectivity index (χ0v) is 11.1. The second-order valence-corrected chi connectivity index (χ2v) is 4.29. The fourth-order valence-electron chi connectivity index (χ4n) is 1.78. The van der Waals surface area contributed by atoms with Gasteiger partial charge in [0.25, 0.3) is 0 Å². The highest BCUT2D eigenvalue weighted by atomic mass is 35.5. The number of hydrogen-bond acceptors (Lipinski definition) is 4. The van der Waals surface area contributed by atoms with Crippen molar-refractivity contribution in [3.05, 3.63) is 28.8 Å². The van der Waals surface area contributed by atoms with Gasteiger partial charge in [-0.1, -0.05) is 23.7 Å². The van der Waals surface area contributed by atoms with Gasteiger partial charge in [0.2, 0.25) is 0 Å². The van der Waals surface area contributed by atoms with E-state index in [9.17, 15) is 0 Å². The molecule has 0 aliphatic rings. The molecular formula is C12H18ClN3O2. The monoisotopic (exact) mass is 271 g/mol. The zero-order chi connectivity index (χ0) is 13.5. The van der Waals surface area contributed by atoms with Crippen molar-refractivity contribution in [2.45, 2.75) is 13.3 Å². The summed E-state index contributed by atoms with van der Waals surface area (Å²) >= 11 is 5.98. The van der Waals surface area contributed by atoms with Crippen molar-refractivity contribution in [3.63, 3.8) is 0 Å². The number of benzene rings is 1. The van der Waals surface area contributed by atoms with E-state index in [-0.39, 0.29) is 12.4 Å². The molecule has 0 heterocycles. The van der Waals surface area contributed by atoms with Gasteiger partial charge in [-0.3, -0.25) is 0 Å². The summed E-state index contributed by atoms with van der Waals surface area (Å²) in [6.45, 7) is 3.30. The number of halogens is 1. The van der Waals surface area contributed by atoms with E-state index < -0.39 is 0 Å². The van der Waals surface area contributed by atoms with Crippen LogP contribution in [0.25, 0.3) is 0 Å².